The Morgan fingerprint density at radius 1 is 1.52 bits per heavy atom. The van der Waals surface area contributed by atoms with Crippen LogP contribution in [0.3, 0.4) is 0 Å². The van der Waals surface area contributed by atoms with Crippen molar-refractivity contribution in [3.63, 3.8) is 0 Å². The molecule has 0 bridgehead atoms. The zero-order chi connectivity index (χ0) is 18.3. The van der Waals surface area contributed by atoms with Gasteiger partial charge in [0.2, 0.25) is 11.9 Å². The van der Waals surface area contributed by atoms with Gasteiger partial charge in [0.1, 0.15) is 17.6 Å². The molecular weight excluding hydrogens is 355 g/mol. The van der Waals surface area contributed by atoms with Gasteiger partial charge in [-0.05, 0) is 0 Å². The van der Waals surface area contributed by atoms with Gasteiger partial charge in [0.15, 0.2) is 11.2 Å². The van der Waals surface area contributed by atoms with Crippen molar-refractivity contribution in [1.29, 1.82) is 0 Å². The summed E-state index contributed by atoms with van der Waals surface area (Å²) < 4.78 is 15.1. The number of hydrogen-bond acceptors (Lipinski definition) is 8. The second-order valence-corrected chi connectivity index (χ2v) is 7.31. The number of amides is 1. The molecule has 1 unspecified atom stereocenters. The quantitative estimate of drug-likeness (QED) is 0.557. The van der Waals surface area contributed by atoms with E-state index in [4.69, 9.17) is 0 Å². The molecule has 25 heavy (non-hydrogen) atoms. The third-order valence-corrected chi connectivity index (χ3v) is 5.33. The Hall–Kier alpha value is -2.05. The Bertz CT molecular complexity index is 855. The van der Waals surface area contributed by atoms with Crippen molar-refractivity contribution >= 4 is 34.8 Å². The number of aliphatic hydroxyl groups is 2. The lowest BCUT2D eigenvalue weighted by molar-refractivity contribution is -0.118. The predicted octanol–water partition coefficient (Wildman–Crippen LogP) is -0.586. The van der Waals surface area contributed by atoms with Crippen molar-refractivity contribution in [1.82, 2.24) is 25.0 Å². The van der Waals surface area contributed by atoms with E-state index in [1.807, 2.05) is 0 Å². The minimum atomic E-state index is -1.65. The Morgan fingerprint density at radius 2 is 2.24 bits per heavy atom. The third kappa shape index (κ3) is 3.12. The van der Waals surface area contributed by atoms with Crippen LogP contribution in [0, 0.1) is 5.92 Å². The lowest BCUT2D eigenvalue weighted by Crippen LogP contribution is -2.29. The van der Waals surface area contributed by atoms with Crippen LogP contribution in [0.2, 0.25) is 0 Å². The topological polar surface area (TPSA) is 146 Å². The van der Waals surface area contributed by atoms with Gasteiger partial charge in [-0.3, -0.25) is 19.9 Å². The van der Waals surface area contributed by atoms with Gasteiger partial charge >= 0.3 is 0 Å². The van der Waals surface area contributed by atoms with Gasteiger partial charge in [-0.2, -0.15) is 4.98 Å². The number of aromatic nitrogens is 5. The van der Waals surface area contributed by atoms with E-state index in [0.717, 1.165) is 16.4 Å². The number of halogens is 1. The van der Waals surface area contributed by atoms with Crippen LogP contribution in [-0.2, 0) is 4.79 Å². The Kier molecular flexibility index (Phi) is 4.75. The zero-order valence-corrected chi connectivity index (χ0v) is 14.2. The minimum absolute atomic E-state index is 0.00476. The summed E-state index contributed by atoms with van der Waals surface area (Å²) in [5, 5.41) is 27.5. The molecular formula is C13H17FN6O4S. The number of alkyl halides is 1. The van der Waals surface area contributed by atoms with Crippen LogP contribution < -0.4 is 10.9 Å². The lowest BCUT2D eigenvalue weighted by Gasteiger charge is -2.14. The fourth-order valence-electron chi connectivity index (χ4n) is 2.39. The molecule has 12 heteroatoms. The van der Waals surface area contributed by atoms with E-state index in [9.17, 15) is 24.2 Å². The number of fused-ring (bicyclic) bond motifs is 1. The highest BCUT2D eigenvalue weighted by Crippen LogP contribution is 2.43. The summed E-state index contributed by atoms with van der Waals surface area (Å²) in [5.41, 5.74) is -0.716. The smallest absolute Gasteiger partial charge is 0.282 e. The Balaban J connectivity index is 2.01. The molecule has 0 saturated carbocycles. The molecule has 2 aromatic heterocycles. The first-order chi connectivity index (χ1) is 11.8. The summed E-state index contributed by atoms with van der Waals surface area (Å²) in [6, 6.07) is 0. The maximum absolute atomic E-state index is 14.0. The summed E-state index contributed by atoms with van der Waals surface area (Å²) >= 11 is 0.976. The van der Waals surface area contributed by atoms with Crippen LogP contribution in [0.15, 0.2) is 4.79 Å². The predicted molar refractivity (Wildman–Crippen MR) is 87.8 cm³/mol. The second-order valence-electron chi connectivity index (χ2n) is 5.95. The maximum atomic E-state index is 14.0. The molecule has 0 radical (unpaired) electrons. The number of nitrogens with zero attached hydrogens (tertiary/aromatic N) is 4. The van der Waals surface area contributed by atoms with E-state index in [-0.39, 0.29) is 28.9 Å². The third-order valence-electron chi connectivity index (χ3n) is 3.81. The molecule has 1 aliphatic rings. The summed E-state index contributed by atoms with van der Waals surface area (Å²) in [6.07, 6.45) is -3.09. The number of thioether (sulfide) groups is 1. The average Bonchev–Trinajstić information content (AvgIpc) is 3.10. The number of carbonyl (C=O) groups is 1. The lowest BCUT2D eigenvalue weighted by atomic mass is 10.2. The fraction of sp³-hybridized carbons (Fsp3) is 0.615. The van der Waals surface area contributed by atoms with Crippen LogP contribution in [0.4, 0.5) is 10.3 Å². The molecule has 3 heterocycles. The maximum Gasteiger partial charge on any atom is 0.282 e. The van der Waals surface area contributed by atoms with E-state index >= 15 is 0 Å². The zero-order valence-electron chi connectivity index (χ0n) is 13.4. The molecule has 0 aliphatic carbocycles. The summed E-state index contributed by atoms with van der Waals surface area (Å²) in [7, 11) is 0. The first kappa shape index (κ1) is 17.8. The van der Waals surface area contributed by atoms with E-state index < -0.39 is 35.1 Å². The molecule has 10 nitrogen and oxygen atoms in total. The Morgan fingerprint density at radius 3 is 2.84 bits per heavy atom. The van der Waals surface area contributed by atoms with Crippen LogP contribution in [-0.4, -0.2) is 65.2 Å². The summed E-state index contributed by atoms with van der Waals surface area (Å²) in [4.78, 5) is 30.4. The molecule has 0 aromatic carbocycles. The normalized spacial score (nSPS) is 26.5. The molecule has 0 spiro atoms. The van der Waals surface area contributed by atoms with E-state index in [0.29, 0.717) is 0 Å². The van der Waals surface area contributed by atoms with E-state index in [1.165, 1.54) is 0 Å². The standard InChI is InChI=1S/C13H17FN6O4S/c1-4(2)10(23)16-13-15-9-7(11(24)17-13)18-19-20(9)12-8(22)6(14)5(3-21)25-12/h4-6,8,12,21-22H,3H2,1-2H3,(H2,15,16,17,23,24)/t5-,6+,8?,12-/m1/s1. The minimum Gasteiger partial charge on any atom is -0.395 e. The van der Waals surface area contributed by atoms with Gasteiger partial charge in [0.25, 0.3) is 5.56 Å². The van der Waals surface area contributed by atoms with E-state index in [2.05, 4.69) is 25.6 Å². The van der Waals surface area contributed by atoms with Crippen molar-refractivity contribution in [2.24, 2.45) is 5.92 Å². The van der Waals surface area contributed by atoms with Gasteiger partial charge in [-0.15, -0.1) is 16.9 Å². The molecule has 3 rings (SSSR count). The van der Waals surface area contributed by atoms with Crippen LogP contribution in [0.5, 0.6) is 0 Å². The monoisotopic (exact) mass is 372 g/mol. The average molecular weight is 372 g/mol. The van der Waals surface area contributed by atoms with Crippen molar-refractivity contribution in [2.45, 2.75) is 36.7 Å². The van der Waals surface area contributed by atoms with Crippen molar-refractivity contribution < 1.29 is 19.4 Å². The summed E-state index contributed by atoms with van der Waals surface area (Å²) in [5.74, 6) is -0.762. The van der Waals surface area contributed by atoms with Crippen molar-refractivity contribution in [3.8, 4) is 0 Å². The highest BCUT2D eigenvalue weighted by molar-refractivity contribution is 8.00. The summed E-state index contributed by atoms with van der Waals surface area (Å²) in [6.45, 7) is 2.91. The van der Waals surface area contributed by atoms with Crippen molar-refractivity contribution in [3.05, 3.63) is 10.4 Å². The number of nitrogens with one attached hydrogen (secondary N) is 2. The molecule has 1 fully saturated rings. The number of hydrogen-bond donors (Lipinski definition) is 4. The molecule has 1 amide bonds. The number of anilines is 1. The fourth-order valence-corrected chi connectivity index (χ4v) is 3.71. The van der Waals surface area contributed by atoms with Gasteiger partial charge in [-0.1, -0.05) is 19.1 Å². The van der Waals surface area contributed by atoms with Gasteiger partial charge in [0, 0.05) is 5.92 Å². The first-order valence-electron chi connectivity index (χ1n) is 7.58. The van der Waals surface area contributed by atoms with E-state index in [1.54, 1.807) is 13.8 Å². The molecule has 2 aromatic rings. The largest absolute Gasteiger partial charge is 0.395 e. The van der Waals surface area contributed by atoms with Gasteiger partial charge in [-0.25, -0.2) is 9.07 Å². The number of aliphatic hydroxyl groups excluding tert-OH is 2. The second kappa shape index (κ2) is 6.69. The van der Waals surface area contributed by atoms with Gasteiger partial charge in [0.05, 0.1) is 11.9 Å². The molecule has 4 N–H and O–H groups in total. The highest BCUT2D eigenvalue weighted by Gasteiger charge is 2.45. The number of aromatic amines is 1. The molecule has 1 saturated heterocycles. The van der Waals surface area contributed by atoms with Crippen molar-refractivity contribution in [2.75, 3.05) is 11.9 Å². The SMILES string of the molecule is CC(C)C(=O)Nc1nc2c(nnn2[C@@H]2S[C@H](CO)[C@H](F)C2O)c(=O)[nH]1. The highest BCUT2D eigenvalue weighted by atomic mass is 32.2. The number of rotatable bonds is 4. The van der Waals surface area contributed by atoms with Crippen LogP contribution in [0.1, 0.15) is 19.2 Å². The first-order valence-corrected chi connectivity index (χ1v) is 8.52. The Labute approximate surface area is 144 Å². The molecule has 1 aliphatic heterocycles. The van der Waals surface area contributed by atoms with Crippen LogP contribution in [0.25, 0.3) is 11.2 Å². The molecule has 136 valence electrons. The van der Waals surface area contributed by atoms with Gasteiger partial charge < -0.3 is 10.2 Å². The molecule has 4 atom stereocenters. The number of H-pyrrole nitrogens is 1. The number of carbonyl (C=O) groups excluding carboxylic acids is 1. The van der Waals surface area contributed by atoms with Crippen LogP contribution >= 0.6 is 11.8 Å².